The van der Waals surface area contributed by atoms with E-state index in [1.54, 1.807) is 41.3 Å². The van der Waals surface area contributed by atoms with Crippen LogP contribution in [0.15, 0.2) is 43.0 Å². The summed E-state index contributed by atoms with van der Waals surface area (Å²) in [6.07, 6.45) is 7.25. The maximum Gasteiger partial charge on any atom is 0.251 e. The number of carbonyl (C=O) groups is 2. The third-order valence-electron chi connectivity index (χ3n) is 4.76. The maximum absolute atomic E-state index is 12.5. The smallest absolute Gasteiger partial charge is 0.251 e. The van der Waals surface area contributed by atoms with Gasteiger partial charge in [0.1, 0.15) is 0 Å². The van der Waals surface area contributed by atoms with Crippen LogP contribution in [0.25, 0.3) is 6.08 Å². The molecule has 0 aromatic heterocycles. The van der Waals surface area contributed by atoms with Crippen LogP contribution in [0.2, 0.25) is 0 Å². The molecule has 0 radical (unpaired) electrons. The van der Waals surface area contributed by atoms with Crippen molar-refractivity contribution in [3.8, 4) is 0 Å². The summed E-state index contributed by atoms with van der Waals surface area (Å²) in [5, 5.41) is 2.93. The highest BCUT2D eigenvalue weighted by Gasteiger charge is 2.33. The van der Waals surface area contributed by atoms with E-state index < -0.39 is 9.84 Å². The first-order chi connectivity index (χ1) is 12.9. The summed E-state index contributed by atoms with van der Waals surface area (Å²) < 4.78 is 23.4. The topological polar surface area (TPSA) is 83.6 Å². The molecule has 1 saturated heterocycles. The van der Waals surface area contributed by atoms with Gasteiger partial charge in [0.25, 0.3) is 5.91 Å². The zero-order valence-electron chi connectivity index (χ0n) is 15.1. The van der Waals surface area contributed by atoms with E-state index in [9.17, 15) is 18.0 Å². The van der Waals surface area contributed by atoms with Crippen LogP contribution in [0, 0.1) is 0 Å². The molecule has 27 heavy (non-hydrogen) atoms. The largest absolute Gasteiger partial charge is 0.349 e. The van der Waals surface area contributed by atoms with Crippen LogP contribution in [0.1, 0.15) is 35.2 Å². The number of rotatable bonds is 7. The molecular formula is C20H24N2O4S. The second kappa shape index (κ2) is 8.08. The molecule has 3 rings (SSSR count). The summed E-state index contributed by atoms with van der Waals surface area (Å²) in [6.45, 7) is 3.96. The van der Waals surface area contributed by atoms with Crippen molar-refractivity contribution in [2.75, 3.05) is 18.1 Å². The quantitative estimate of drug-likeness (QED) is 0.570. The van der Waals surface area contributed by atoms with Crippen LogP contribution >= 0.6 is 0 Å². The van der Waals surface area contributed by atoms with E-state index in [0.717, 1.165) is 18.4 Å². The number of nitrogens with zero attached hydrogens (tertiary/aromatic N) is 1. The van der Waals surface area contributed by atoms with Crippen LogP contribution < -0.4 is 5.32 Å². The third-order valence-corrected chi connectivity index (χ3v) is 6.51. The van der Waals surface area contributed by atoms with Crippen LogP contribution in [0.3, 0.4) is 0 Å². The van der Waals surface area contributed by atoms with Gasteiger partial charge >= 0.3 is 0 Å². The maximum atomic E-state index is 12.5. The number of hydrogen-bond donors (Lipinski definition) is 1. The fourth-order valence-electron chi connectivity index (χ4n) is 3.08. The van der Waals surface area contributed by atoms with Crippen molar-refractivity contribution < 1.29 is 18.0 Å². The van der Waals surface area contributed by atoms with Gasteiger partial charge < -0.3 is 10.2 Å². The van der Waals surface area contributed by atoms with Crippen molar-refractivity contribution >= 4 is 27.7 Å². The average molecular weight is 388 g/mol. The lowest BCUT2D eigenvalue weighted by Crippen LogP contribution is -2.40. The van der Waals surface area contributed by atoms with E-state index in [1.165, 1.54) is 6.08 Å². The number of benzene rings is 1. The lowest BCUT2D eigenvalue weighted by atomic mass is 10.1. The summed E-state index contributed by atoms with van der Waals surface area (Å²) in [5.41, 5.74) is 1.39. The molecule has 6 nitrogen and oxygen atoms in total. The minimum atomic E-state index is -3.07. The van der Waals surface area contributed by atoms with Crippen molar-refractivity contribution in [3.63, 3.8) is 0 Å². The second-order valence-corrected chi connectivity index (χ2v) is 9.27. The molecule has 1 unspecified atom stereocenters. The molecule has 7 heteroatoms. The van der Waals surface area contributed by atoms with Gasteiger partial charge in [0, 0.05) is 30.3 Å². The third kappa shape index (κ3) is 5.29. The molecule has 1 atom stereocenters. The van der Waals surface area contributed by atoms with E-state index >= 15 is 0 Å². The average Bonchev–Trinajstić information content (AvgIpc) is 3.38. The Labute approximate surface area is 159 Å². The zero-order chi connectivity index (χ0) is 19.4. The fraction of sp³-hybridized carbons (Fsp3) is 0.400. The number of nitrogens with one attached hydrogen (secondary N) is 1. The highest BCUT2D eigenvalue weighted by Crippen LogP contribution is 2.20. The summed E-state index contributed by atoms with van der Waals surface area (Å²) in [5.74, 6) is -0.200. The Hall–Kier alpha value is -2.41. The van der Waals surface area contributed by atoms with Crippen LogP contribution in [-0.2, 0) is 14.6 Å². The summed E-state index contributed by atoms with van der Waals surface area (Å²) in [7, 11) is -3.07. The first kappa shape index (κ1) is 19.4. The van der Waals surface area contributed by atoms with E-state index in [-0.39, 0.29) is 29.4 Å². The molecule has 2 fully saturated rings. The molecule has 0 bridgehead atoms. The Morgan fingerprint density at radius 1 is 1.19 bits per heavy atom. The molecule has 1 aliphatic carbocycles. The first-order valence-electron chi connectivity index (χ1n) is 9.09. The summed E-state index contributed by atoms with van der Waals surface area (Å²) >= 11 is 0. The molecule has 2 aliphatic rings. The summed E-state index contributed by atoms with van der Waals surface area (Å²) in [4.78, 5) is 26.1. The highest BCUT2D eigenvalue weighted by atomic mass is 32.2. The van der Waals surface area contributed by atoms with Gasteiger partial charge in [-0.2, -0.15) is 0 Å². The van der Waals surface area contributed by atoms with E-state index in [4.69, 9.17) is 0 Å². The van der Waals surface area contributed by atoms with Gasteiger partial charge in [0.05, 0.1) is 11.5 Å². The highest BCUT2D eigenvalue weighted by molar-refractivity contribution is 7.91. The van der Waals surface area contributed by atoms with E-state index in [2.05, 4.69) is 11.9 Å². The molecule has 1 saturated carbocycles. The van der Waals surface area contributed by atoms with Gasteiger partial charge in [-0.25, -0.2) is 8.42 Å². The Bertz CT molecular complexity index is 854. The minimum Gasteiger partial charge on any atom is -0.349 e. The molecule has 1 heterocycles. The van der Waals surface area contributed by atoms with Crippen LogP contribution in [0.5, 0.6) is 0 Å². The van der Waals surface area contributed by atoms with Crippen LogP contribution in [-0.4, -0.2) is 55.3 Å². The number of carbonyl (C=O) groups excluding carboxylic acids is 2. The Morgan fingerprint density at radius 2 is 1.89 bits per heavy atom. The van der Waals surface area contributed by atoms with Gasteiger partial charge in [0.15, 0.2) is 9.84 Å². The first-order valence-corrected chi connectivity index (χ1v) is 10.9. The summed E-state index contributed by atoms with van der Waals surface area (Å²) in [6, 6.07) is 7.02. The molecular weight excluding hydrogens is 364 g/mol. The second-order valence-electron chi connectivity index (χ2n) is 7.04. The van der Waals surface area contributed by atoms with Crippen molar-refractivity contribution in [3.05, 3.63) is 54.1 Å². The lowest BCUT2D eigenvalue weighted by Gasteiger charge is -2.25. The van der Waals surface area contributed by atoms with Gasteiger partial charge in [-0.1, -0.05) is 18.2 Å². The van der Waals surface area contributed by atoms with E-state index in [1.807, 2.05) is 0 Å². The molecule has 1 aromatic rings. The van der Waals surface area contributed by atoms with Crippen molar-refractivity contribution in [2.45, 2.75) is 31.3 Å². The number of hydrogen-bond acceptors (Lipinski definition) is 4. The molecule has 1 N–H and O–H groups in total. The lowest BCUT2D eigenvalue weighted by molar-refractivity contribution is -0.127. The molecule has 0 spiro atoms. The van der Waals surface area contributed by atoms with Gasteiger partial charge in [0.2, 0.25) is 5.91 Å². The van der Waals surface area contributed by atoms with Crippen molar-refractivity contribution in [1.29, 1.82) is 0 Å². The molecule has 1 aliphatic heterocycles. The van der Waals surface area contributed by atoms with Gasteiger partial charge in [-0.3, -0.25) is 9.59 Å². The SMILES string of the molecule is C=CCN(C(=O)/C=C/c1ccc(C(=O)NC2CC2)cc1)C1CCS(=O)(=O)C1. The predicted molar refractivity (Wildman–Crippen MR) is 105 cm³/mol. The monoisotopic (exact) mass is 388 g/mol. The molecule has 2 amide bonds. The van der Waals surface area contributed by atoms with Crippen molar-refractivity contribution in [1.82, 2.24) is 10.2 Å². The number of amides is 2. The normalized spacial score (nSPS) is 21.1. The minimum absolute atomic E-state index is 0.00518. The fourth-order valence-corrected chi connectivity index (χ4v) is 4.82. The van der Waals surface area contributed by atoms with Crippen molar-refractivity contribution in [2.24, 2.45) is 0 Å². The zero-order valence-corrected chi connectivity index (χ0v) is 16.0. The number of sulfone groups is 1. The molecule has 144 valence electrons. The Morgan fingerprint density at radius 3 is 2.44 bits per heavy atom. The Balaban J connectivity index is 1.63. The van der Waals surface area contributed by atoms with E-state index in [0.29, 0.717) is 24.6 Å². The van der Waals surface area contributed by atoms with Gasteiger partial charge in [-0.15, -0.1) is 6.58 Å². The Kier molecular flexibility index (Phi) is 5.79. The van der Waals surface area contributed by atoms with Crippen LogP contribution in [0.4, 0.5) is 0 Å². The molecule has 1 aromatic carbocycles. The predicted octanol–water partition coefficient (Wildman–Crippen LogP) is 1.79. The van der Waals surface area contributed by atoms with Gasteiger partial charge in [-0.05, 0) is 43.0 Å². The standard InChI is InChI=1S/C20H24N2O4S/c1-2-12-22(18-11-13-27(25,26)14-18)19(23)10-5-15-3-6-16(7-4-15)20(24)21-17-8-9-17/h2-7,10,17-18H,1,8-9,11-14H2,(H,21,24)/b10-5+.